The fourth-order valence-corrected chi connectivity index (χ4v) is 1.93. The van der Waals surface area contributed by atoms with E-state index in [2.05, 4.69) is 10.5 Å². The second-order valence-electron chi connectivity index (χ2n) is 5.01. The quantitative estimate of drug-likeness (QED) is 0.598. The van der Waals surface area contributed by atoms with Gasteiger partial charge in [0, 0.05) is 6.54 Å². The summed E-state index contributed by atoms with van der Waals surface area (Å²) in [5, 5.41) is 6.42. The molecule has 0 aliphatic rings. The predicted octanol–water partition coefficient (Wildman–Crippen LogP) is 2.54. The number of halogens is 1. The van der Waals surface area contributed by atoms with Crippen LogP contribution in [-0.4, -0.2) is 32.4 Å². The Morgan fingerprint density at radius 1 is 1.17 bits per heavy atom. The van der Waals surface area contributed by atoms with Crippen molar-refractivity contribution in [1.82, 2.24) is 5.32 Å². The van der Waals surface area contributed by atoms with Gasteiger partial charge >= 0.3 is 0 Å². The minimum Gasteiger partial charge on any atom is -0.497 e. The second-order valence-corrected chi connectivity index (χ2v) is 5.01. The molecule has 5 nitrogen and oxygen atoms in total. The lowest BCUT2D eigenvalue weighted by atomic mass is 10.1. The van der Waals surface area contributed by atoms with E-state index in [9.17, 15) is 9.18 Å². The number of nitrogens with zero attached hydrogens (tertiary/aromatic N) is 1. The molecular weight excluding hydrogens is 311 g/mol. The molecule has 0 saturated heterocycles. The normalized spacial score (nSPS) is 10.6. The Balaban J connectivity index is 1.63. The Morgan fingerprint density at radius 2 is 1.88 bits per heavy atom. The van der Waals surface area contributed by atoms with Gasteiger partial charge in [-0.05, 0) is 41.8 Å². The highest BCUT2D eigenvalue weighted by Gasteiger charge is 2.01. The smallest absolute Gasteiger partial charge is 0.260 e. The summed E-state index contributed by atoms with van der Waals surface area (Å²) in [4.78, 5) is 16.5. The third-order valence-electron chi connectivity index (χ3n) is 3.24. The van der Waals surface area contributed by atoms with Crippen LogP contribution >= 0.6 is 0 Å². The van der Waals surface area contributed by atoms with E-state index in [1.807, 2.05) is 24.3 Å². The zero-order valence-corrected chi connectivity index (χ0v) is 13.4. The largest absolute Gasteiger partial charge is 0.497 e. The molecule has 0 spiro atoms. The zero-order valence-electron chi connectivity index (χ0n) is 13.4. The molecule has 0 fully saturated rings. The molecule has 0 aromatic heterocycles. The number of carbonyl (C=O) groups is 1. The Morgan fingerprint density at radius 3 is 2.54 bits per heavy atom. The van der Waals surface area contributed by atoms with Crippen molar-refractivity contribution >= 4 is 12.1 Å². The number of methoxy groups -OCH3 is 1. The van der Waals surface area contributed by atoms with Crippen LogP contribution in [0.5, 0.6) is 5.75 Å². The number of benzene rings is 2. The number of hydrogen-bond acceptors (Lipinski definition) is 4. The average molecular weight is 330 g/mol. The van der Waals surface area contributed by atoms with Gasteiger partial charge in [0.05, 0.1) is 13.3 Å². The SMILES string of the molecule is COc1ccc(CCNC(=O)CO/N=C/c2ccc(F)cc2)cc1. The van der Waals surface area contributed by atoms with Crippen LogP contribution in [0.25, 0.3) is 0 Å². The van der Waals surface area contributed by atoms with Crippen molar-refractivity contribution in [3.8, 4) is 5.75 Å². The van der Waals surface area contributed by atoms with E-state index >= 15 is 0 Å². The molecule has 0 unspecified atom stereocenters. The van der Waals surface area contributed by atoms with E-state index in [0.717, 1.165) is 11.3 Å². The molecule has 1 N–H and O–H groups in total. The minimum absolute atomic E-state index is 0.166. The zero-order chi connectivity index (χ0) is 17.2. The van der Waals surface area contributed by atoms with Crippen LogP contribution in [-0.2, 0) is 16.1 Å². The second kappa shape index (κ2) is 9.29. The molecule has 0 aliphatic carbocycles. The summed E-state index contributed by atoms with van der Waals surface area (Å²) < 4.78 is 17.8. The third kappa shape index (κ3) is 6.08. The summed E-state index contributed by atoms with van der Waals surface area (Å²) in [5.74, 6) is 0.235. The van der Waals surface area contributed by atoms with Gasteiger partial charge in [-0.3, -0.25) is 4.79 Å². The van der Waals surface area contributed by atoms with Crippen molar-refractivity contribution < 1.29 is 18.8 Å². The van der Waals surface area contributed by atoms with E-state index in [1.54, 1.807) is 19.2 Å². The number of oxime groups is 1. The van der Waals surface area contributed by atoms with Gasteiger partial charge in [0.1, 0.15) is 11.6 Å². The summed E-state index contributed by atoms with van der Waals surface area (Å²) in [5.41, 5.74) is 1.79. The molecule has 0 radical (unpaired) electrons. The van der Waals surface area contributed by atoms with Crippen LogP contribution in [0, 0.1) is 5.82 Å². The van der Waals surface area contributed by atoms with Crippen molar-refractivity contribution in [2.75, 3.05) is 20.3 Å². The van der Waals surface area contributed by atoms with Crippen molar-refractivity contribution in [2.45, 2.75) is 6.42 Å². The third-order valence-corrected chi connectivity index (χ3v) is 3.24. The molecule has 0 saturated carbocycles. The summed E-state index contributed by atoms with van der Waals surface area (Å²) >= 11 is 0. The van der Waals surface area contributed by atoms with Crippen LogP contribution < -0.4 is 10.1 Å². The maximum atomic E-state index is 12.7. The lowest BCUT2D eigenvalue weighted by Crippen LogP contribution is -2.28. The lowest BCUT2D eigenvalue weighted by molar-refractivity contribution is -0.125. The first-order valence-electron chi connectivity index (χ1n) is 7.48. The number of amides is 1. The van der Waals surface area contributed by atoms with Crippen LogP contribution in [0.15, 0.2) is 53.7 Å². The van der Waals surface area contributed by atoms with E-state index in [0.29, 0.717) is 18.5 Å². The monoisotopic (exact) mass is 330 g/mol. The topological polar surface area (TPSA) is 59.9 Å². The highest BCUT2D eigenvalue weighted by atomic mass is 19.1. The standard InChI is InChI=1S/C18H19FN2O3/c1-23-17-8-4-14(5-9-17)10-11-20-18(22)13-24-21-12-15-2-6-16(19)7-3-15/h2-9,12H,10-11,13H2,1H3,(H,20,22)/b21-12+. The molecule has 2 aromatic rings. The van der Waals surface area contributed by atoms with Gasteiger partial charge in [-0.15, -0.1) is 0 Å². The number of nitrogens with one attached hydrogen (secondary N) is 1. The van der Waals surface area contributed by atoms with Crippen LogP contribution in [0.3, 0.4) is 0 Å². The van der Waals surface area contributed by atoms with Gasteiger partial charge < -0.3 is 14.9 Å². The molecule has 6 heteroatoms. The maximum absolute atomic E-state index is 12.7. The number of rotatable bonds is 8. The molecule has 2 rings (SSSR count). The summed E-state index contributed by atoms with van der Waals surface area (Å²) in [6.45, 7) is 0.344. The van der Waals surface area contributed by atoms with Gasteiger partial charge in [-0.1, -0.05) is 29.4 Å². The van der Waals surface area contributed by atoms with E-state index < -0.39 is 0 Å². The number of carbonyl (C=O) groups excluding carboxylic acids is 1. The van der Waals surface area contributed by atoms with E-state index in [-0.39, 0.29) is 18.3 Å². The van der Waals surface area contributed by atoms with Gasteiger partial charge in [-0.25, -0.2) is 4.39 Å². The first kappa shape index (κ1) is 17.5. The molecule has 0 aliphatic heterocycles. The van der Waals surface area contributed by atoms with Crippen LogP contribution in [0.4, 0.5) is 4.39 Å². The minimum atomic E-state index is -0.315. The molecule has 24 heavy (non-hydrogen) atoms. The fraction of sp³-hybridized carbons (Fsp3) is 0.222. The van der Waals surface area contributed by atoms with Crippen molar-refractivity contribution in [2.24, 2.45) is 5.16 Å². The molecule has 126 valence electrons. The van der Waals surface area contributed by atoms with Crippen LogP contribution in [0.2, 0.25) is 0 Å². The highest BCUT2D eigenvalue weighted by Crippen LogP contribution is 2.11. The first-order chi connectivity index (χ1) is 11.7. The highest BCUT2D eigenvalue weighted by molar-refractivity contribution is 5.79. The average Bonchev–Trinajstić information content (AvgIpc) is 2.61. The fourth-order valence-electron chi connectivity index (χ4n) is 1.93. The molecule has 1 amide bonds. The molecule has 0 atom stereocenters. The molecule has 2 aromatic carbocycles. The molecular formula is C18H19FN2O3. The Bertz CT molecular complexity index is 670. The van der Waals surface area contributed by atoms with Crippen molar-refractivity contribution in [3.05, 3.63) is 65.5 Å². The Labute approximate surface area is 140 Å². The first-order valence-corrected chi connectivity index (χ1v) is 7.48. The number of ether oxygens (including phenoxy) is 1. The maximum Gasteiger partial charge on any atom is 0.260 e. The van der Waals surface area contributed by atoms with E-state index in [4.69, 9.17) is 9.57 Å². The number of hydrogen-bond donors (Lipinski definition) is 1. The van der Waals surface area contributed by atoms with Gasteiger partial charge in [0.25, 0.3) is 5.91 Å². The van der Waals surface area contributed by atoms with Gasteiger partial charge in [0.15, 0.2) is 6.61 Å². The summed E-state index contributed by atoms with van der Waals surface area (Å²) in [6, 6.07) is 13.5. The van der Waals surface area contributed by atoms with Crippen molar-refractivity contribution in [1.29, 1.82) is 0 Å². The Kier molecular flexibility index (Phi) is 6.76. The van der Waals surface area contributed by atoms with Crippen LogP contribution in [0.1, 0.15) is 11.1 Å². The van der Waals surface area contributed by atoms with E-state index in [1.165, 1.54) is 18.3 Å². The predicted molar refractivity (Wildman–Crippen MR) is 89.7 cm³/mol. The lowest BCUT2D eigenvalue weighted by Gasteiger charge is -2.05. The summed E-state index contributed by atoms with van der Waals surface area (Å²) in [6.07, 6.45) is 2.14. The van der Waals surface area contributed by atoms with Gasteiger partial charge in [-0.2, -0.15) is 0 Å². The molecule has 0 heterocycles. The molecule has 0 bridgehead atoms. The van der Waals surface area contributed by atoms with Gasteiger partial charge in [0.2, 0.25) is 0 Å². The van der Waals surface area contributed by atoms with Crippen molar-refractivity contribution in [3.63, 3.8) is 0 Å². The Hall–Kier alpha value is -2.89. The summed E-state index contributed by atoms with van der Waals surface area (Å²) in [7, 11) is 1.62.